The fourth-order valence-corrected chi connectivity index (χ4v) is 1.44. The molecule has 1 heterocycles. The Kier molecular flexibility index (Phi) is 3.24. The molecule has 0 unspecified atom stereocenters. The Morgan fingerprint density at radius 2 is 2.28 bits per heavy atom. The molecular formula is C12H11FN4O. The van der Waals surface area contributed by atoms with E-state index in [2.05, 4.69) is 10.1 Å². The van der Waals surface area contributed by atoms with Crippen LogP contribution in [0.2, 0.25) is 0 Å². The maximum Gasteiger partial charge on any atom is 0.266 e. The van der Waals surface area contributed by atoms with Gasteiger partial charge in [-0.2, -0.15) is 10.2 Å². The molecule has 6 heteroatoms. The Morgan fingerprint density at radius 3 is 2.94 bits per heavy atom. The van der Waals surface area contributed by atoms with Gasteiger partial charge in [-0.05, 0) is 24.2 Å². The molecule has 0 saturated heterocycles. The molecule has 0 atom stereocenters. The van der Waals surface area contributed by atoms with E-state index in [9.17, 15) is 4.39 Å². The fourth-order valence-electron chi connectivity index (χ4n) is 1.44. The van der Waals surface area contributed by atoms with Crippen LogP contribution in [0.15, 0.2) is 22.7 Å². The third-order valence-electron chi connectivity index (χ3n) is 2.59. The largest absolute Gasteiger partial charge is 0.342 e. The van der Waals surface area contributed by atoms with E-state index in [4.69, 9.17) is 9.78 Å². The van der Waals surface area contributed by atoms with Crippen molar-refractivity contribution in [1.29, 1.82) is 5.26 Å². The van der Waals surface area contributed by atoms with Gasteiger partial charge in [0.15, 0.2) is 0 Å². The molecular weight excluding hydrogens is 235 g/mol. The van der Waals surface area contributed by atoms with Crippen molar-refractivity contribution in [3.63, 3.8) is 0 Å². The van der Waals surface area contributed by atoms with Crippen LogP contribution in [0.25, 0.3) is 11.5 Å². The van der Waals surface area contributed by atoms with Crippen molar-refractivity contribution in [3.05, 3.63) is 29.6 Å². The Balaban J connectivity index is 2.47. The lowest BCUT2D eigenvalue weighted by molar-refractivity contribution is 0.430. The van der Waals surface area contributed by atoms with Gasteiger partial charge in [0, 0.05) is 13.6 Å². The molecule has 0 radical (unpaired) electrons. The zero-order valence-corrected chi connectivity index (χ0v) is 10.0. The van der Waals surface area contributed by atoms with E-state index in [0.29, 0.717) is 18.1 Å². The lowest BCUT2D eigenvalue weighted by atomic mass is 10.1. The van der Waals surface area contributed by atoms with Crippen LogP contribution in [0, 0.1) is 17.1 Å². The molecule has 0 fully saturated rings. The number of hydrogen-bond donors (Lipinski definition) is 0. The van der Waals surface area contributed by atoms with E-state index in [1.165, 1.54) is 12.1 Å². The second kappa shape index (κ2) is 4.84. The summed E-state index contributed by atoms with van der Waals surface area (Å²) in [5.74, 6) is -0.0550. The maximum absolute atomic E-state index is 13.4. The van der Waals surface area contributed by atoms with Gasteiger partial charge < -0.3 is 9.42 Å². The summed E-state index contributed by atoms with van der Waals surface area (Å²) in [5.41, 5.74) is 0.215. The molecule has 0 aliphatic carbocycles. The number of nitriles is 1. The van der Waals surface area contributed by atoms with Gasteiger partial charge >= 0.3 is 0 Å². The molecule has 2 rings (SSSR count). The van der Waals surface area contributed by atoms with E-state index < -0.39 is 5.82 Å². The van der Waals surface area contributed by atoms with Crippen LogP contribution in [0.4, 0.5) is 10.3 Å². The first-order valence-electron chi connectivity index (χ1n) is 5.41. The fraction of sp³-hybridized carbons (Fsp3) is 0.250. The molecule has 0 saturated carbocycles. The third kappa shape index (κ3) is 2.02. The van der Waals surface area contributed by atoms with Crippen molar-refractivity contribution in [2.45, 2.75) is 6.92 Å². The summed E-state index contributed by atoms with van der Waals surface area (Å²) in [4.78, 5) is 5.91. The van der Waals surface area contributed by atoms with Gasteiger partial charge in [-0.15, -0.1) is 0 Å². The molecule has 0 spiro atoms. The summed E-state index contributed by atoms with van der Waals surface area (Å²) in [6, 6.07) is 6.09. The van der Waals surface area contributed by atoms with Gasteiger partial charge in [0.1, 0.15) is 17.4 Å². The highest BCUT2D eigenvalue weighted by molar-refractivity contribution is 5.64. The minimum Gasteiger partial charge on any atom is -0.342 e. The Hall–Kier alpha value is -2.42. The minimum atomic E-state index is -0.599. The SMILES string of the molecule is CCN(C)c1noc(-c2cccc(F)c2C#N)n1. The van der Waals surface area contributed by atoms with Crippen molar-refractivity contribution in [2.75, 3.05) is 18.5 Å². The Labute approximate surface area is 103 Å². The van der Waals surface area contributed by atoms with Crippen LogP contribution in [-0.4, -0.2) is 23.7 Å². The van der Waals surface area contributed by atoms with Gasteiger partial charge in [0.2, 0.25) is 0 Å². The molecule has 2 aromatic rings. The standard InChI is InChI=1S/C12H11FN4O/c1-3-17(2)12-15-11(18-16-12)8-5-4-6-10(13)9(8)7-14/h4-6H,3H2,1-2H3. The topological polar surface area (TPSA) is 66.0 Å². The van der Waals surface area contributed by atoms with Crippen LogP contribution in [0.1, 0.15) is 12.5 Å². The first-order valence-corrected chi connectivity index (χ1v) is 5.41. The van der Waals surface area contributed by atoms with Crippen molar-refractivity contribution < 1.29 is 8.91 Å². The lowest BCUT2D eigenvalue weighted by Crippen LogP contribution is -2.16. The molecule has 1 aromatic carbocycles. The molecule has 5 nitrogen and oxygen atoms in total. The van der Waals surface area contributed by atoms with Crippen LogP contribution in [0.5, 0.6) is 0 Å². The van der Waals surface area contributed by atoms with Gasteiger partial charge in [0.05, 0.1) is 5.56 Å². The van der Waals surface area contributed by atoms with Crippen molar-refractivity contribution in [3.8, 4) is 17.5 Å². The number of hydrogen-bond acceptors (Lipinski definition) is 5. The molecule has 92 valence electrons. The minimum absolute atomic E-state index is 0.0909. The smallest absolute Gasteiger partial charge is 0.266 e. The number of aromatic nitrogens is 2. The predicted octanol–water partition coefficient (Wildman–Crippen LogP) is 2.20. The van der Waals surface area contributed by atoms with Crippen LogP contribution >= 0.6 is 0 Å². The molecule has 18 heavy (non-hydrogen) atoms. The number of benzene rings is 1. The lowest BCUT2D eigenvalue weighted by Gasteiger charge is -2.08. The molecule has 0 amide bonds. The van der Waals surface area contributed by atoms with Crippen LogP contribution < -0.4 is 4.90 Å². The normalized spacial score (nSPS) is 10.1. The van der Waals surface area contributed by atoms with Gasteiger partial charge in [-0.25, -0.2) is 4.39 Å². The maximum atomic E-state index is 13.4. The van der Waals surface area contributed by atoms with Crippen molar-refractivity contribution in [2.24, 2.45) is 0 Å². The summed E-state index contributed by atoms with van der Waals surface area (Å²) < 4.78 is 18.5. The van der Waals surface area contributed by atoms with Gasteiger partial charge in [-0.3, -0.25) is 0 Å². The van der Waals surface area contributed by atoms with Crippen molar-refractivity contribution >= 4 is 5.95 Å². The van der Waals surface area contributed by atoms with Crippen molar-refractivity contribution in [1.82, 2.24) is 10.1 Å². The summed E-state index contributed by atoms with van der Waals surface area (Å²) >= 11 is 0. The van der Waals surface area contributed by atoms with Gasteiger partial charge in [-0.1, -0.05) is 6.07 Å². The predicted molar refractivity (Wildman–Crippen MR) is 63.4 cm³/mol. The quantitative estimate of drug-likeness (QED) is 0.830. The molecule has 0 aliphatic heterocycles. The van der Waals surface area contributed by atoms with E-state index >= 15 is 0 Å². The highest BCUT2D eigenvalue weighted by Crippen LogP contribution is 2.25. The third-order valence-corrected chi connectivity index (χ3v) is 2.59. The number of halogens is 1. The Morgan fingerprint density at radius 1 is 1.50 bits per heavy atom. The molecule has 0 N–H and O–H groups in total. The van der Waals surface area contributed by atoms with E-state index in [1.807, 2.05) is 14.0 Å². The number of anilines is 1. The Bertz CT molecular complexity index is 602. The number of nitrogens with zero attached hydrogens (tertiary/aromatic N) is 4. The zero-order chi connectivity index (χ0) is 13.1. The average molecular weight is 246 g/mol. The molecule has 0 aliphatic rings. The first kappa shape index (κ1) is 12.0. The monoisotopic (exact) mass is 246 g/mol. The van der Waals surface area contributed by atoms with Gasteiger partial charge in [0.25, 0.3) is 11.8 Å². The molecule has 1 aromatic heterocycles. The highest BCUT2D eigenvalue weighted by atomic mass is 19.1. The van der Waals surface area contributed by atoms with Crippen LogP contribution in [0.3, 0.4) is 0 Å². The zero-order valence-electron chi connectivity index (χ0n) is 10.0. The summed E-state index contributed by atoms with van der Waals surface area (Å²) in [5, 5.41) is 12.7. The number of rotatable bonds is 3. The van der Waals surface area contributed by atoms with E-state index in [-0.39, 0.29) is 11.5 Å². The van der Waals surface area contributed by atoms with E-state index in [1.54, 1.807) is 17.0 Å². The first-order chi connectivity index (χ1) is 8.67. The van der Waals surface area contributed by atoms with Crippen LogP contribution in [-0.2, 0) is 0 Å². The summed E-state index contributed by atoms with van der Waals surface area (Å²) in [7, 11) is 1.81. The second-order valence-corrected chi connectivity index (χ2v) is 3.69. The summed E-state index contributed by atoms with van der Waals surface area (Å²) in [6.07, 6.45) is 0. The average Bonchev–Trinajstić information content (AvgIpc) is 2.87. The highest BCUT2D eigenvalue weighted by Gasteiger charge is 2.16. The molecule has 0 bridgehead atoms. The second-order valence-electron chi connectivity index (χ2n) is 3.69. The summed E-state index contributed by atoms with van der Waals surface area (Å²) in [6.45, 7) is 2.66. The van der Waals surface area contributed by atoms with E-state index in [0.717, 1.165) is 0 Å².